The van der Waals surface area contributed by atoms with E-state index in [1.807, 2.05) is 36.5 Å². The Bertz CT molecular complexity index is 926. The van der Waals surface area contributed by atoms with E-state index in [9.17, 15) is 0 Å². The Hall–Kier alpha value is -2.86. The average molecular weight is 393 g/mol. The van der Waals surface area contributed by atoms with Crippen molar-refractivity contribution in [3.63, 3.8) is 0 Å². The summed E-state index contributed by atoms with van der Waals surface area (Å²) < 4.78 is 16.5. The van der Waals surface area contributed by atoms with Crippen LogP contribution in [0.3, 0.4) is 0 Å². The minimum atomic E-state index is 0.233. The standard InChI is InChI=1S/C23H27N3O3/c1-27-21-11-10-17(14-23(21)28-2)22-15-19(25-29-22)20-9-4-3-7-13-26(20)16-18-8-5-6-12-24-18/h5-6,8,10-12,14-15,20H,3-4,7,9,13,16H2,1-2H3. The zero-order valence-electron chi connectivity index (χ0n) is 17.0. The Balaban J connectivity index is 1.59. The Morgan fingerprint density at radius 2 is 1.93 bits per heavy atom. The number of pyridine rings is 1. The summed E-state index contributed by atoms with van der Waals surface area (Å²) in [4.78, 5) is 6.99. The first-order valence-corrected chi connectivity index (χ1v) is 10.1. The smallest absolute Gasteiger partial charge is 0.167 e. The molecule has 1 saturated heterocycles. The van der Waals surface area contributed by atoms with E-state index in [-0.39, 0.29) is 6.04 Å². The molecule has 6 heteroatoms. The van der Waals surface area contributed by atoms with Gasteiger partial charge in [-0.05, 0) is 49.7 Å². The third-order valence-corrected chi connectivity index (χ3v) is 5.49. The molecule has 0 N–H and O–H groups in total. The highest BCUT2D eigenvalue weighted by atomic mass is 16.5. The molecule has 0 spiro atoms. The van der Waals surface area contributed by atoms with Gasteiger partial charge in [0.15, 0.2) is 17.3 Å². The summed E-state index contributed by atoms with van der Waals surface area (Å²) >= 11 is 0. The van der Waals surface area contributed by atoms with Gasteiger partial charge in [-0.2, -0.15) is 0 Å². The molecule has 1 fully saturated rings. The van der Waals surface area contributed by atoms with Crippen LogP contribution in [-0.4, -0.2) is 35.8 Å². The summed E-state index contributed by atoms with van der Waals surface area (Å²) in [5, 5.41) is 4.44. The predicted octanol–water partition coefficient (Wildman–Crippen LogP) is 4.87. The summed E-state index contributed by atoms with van der Waals surface area (Å²) in [6, 6.07) is 14.1. The van der Waals surface area contributed by atoms with Crippen LogP contribution in [0.1, 0.15) is 43.1 Å². The molecule has 1 aliphatic heterocycles. The van der Waals surface area contributed by atoms with Crippen LogP contribution in [0.2, 0.25) is 0 Å². The van der Waals surface area contributed by atoms with Gasteiger partial charge >= 0.3 is 0 Å². The minimum absolute atomic E-state index is 0.233. The molecule has 0 amide bonds. The first-order valence-electron chi connectivity index (χ1n) is 10.1. The van der Waals surface area contributed by atoms with Crippen molar-refractivity contribution in [1.29, 1.82) is 0 Å². The maximum absolute atomic E-state index is 5.73. The van der Waals surface area contributed by atoms with E-state index in [2.05, 4.69) is 27.2 Å². The second-order valence-electron chi connectivity index (χ2n) is 7.34. The zero-order valence-corrected chi connectivity index (χ0v) is 17.0. The molecule has 3 aromatic rings. The first kappa shape index (κ1) is 19.5. The molecule has 0 radical (unpaired) electrons. The number of hydrogen-bond acceptors (Lipinski definition) is 6. The van der Waals surface area contributed by atoms with Crippen LogP contribution in [0.25, 0.3) is 11.3 Å². The van der Waals surface area contributed by atoms with Gasteiger partial charge in [-0.1, -0.05) is 24.1 Å². The number of methoxy groups -OCH3 is 2. The van der Waals surface area contributed by atoms with Gasteiger partial charge in [-0.3, -0.25) is 9.88 Å². The quantitative estimate of drug-likeness (QED) is 0.595. The minimum Gasteiger partial charge on any atom is -0.493 e. The molecule has 0 aliphatic carbocycles. The largest absolute Gasteiger partial charge is 0.493 e. The molecule has 2 aromatic heterocycles. The van der Waals surface area contributed by atoms with E-state index in [1.54, 1.807) is 14.2 Å². The lowest BCUT2D eigenvalue weighted by molar-refractivity contribution is 0.182. The highest BCUT2D eigenvalue weighted by molar-refractivity contribution is 5.62. The molecule has 4 rings (SSSR count). The molecular formula is C23H27N3O3. The number of benzene rings is 1. The van der Waals surface area contributed by atoms with E-state index in [0.717, 1.165) is 42.2 Å². The Morgan fingerprint density at radius 3 is 2.72 bits per heavy atom. The third-order valence-electron chi connectivity index (χ3n) is 5.49. The van der Waals surface area contributed by atoms with E-state index >= 15 is 0 Å². The highest BCUT2D eigenvalue weighted by Gasteiger charge is 2.26. The molecule has 1 atom stereocenters. The predicted molar refractivity (Wildman–Crippen MR) is 111 cm³/mol. The van der Waals surface area contributed by atoms with Crippen LogP contribution in [0.4, 0.5) is 0 Å². The van der Waals surface area contributed by atoms with Crippen LogP contribution in [0.15, 0.2) is 53.2 Å². The van der Waals surface area contributed by atoms with Crippen LogP contribution in [0, 0.1) is 0 Å². The van der Waals surface area contributed by atoms with Crippen molar-refractivity contribution in [2.45, 2.75) is 38.3 Å². The molecule has 1 aromatic carbocycles. The van der Waals surface area contributed by atoms with Gasteiger partial charge in [0.25, 0.3) is 0 Å². The van der Waals surface area contributed by atoms with E-state index in [4.69, 9.17) is 14.0 Å². The van der Waals surface area contributed by atoms with Crippen LogP contribution in [-0.2, 0) is 6.54 Å². The third kappa shape index (κ3) is 4.43. The van der Waals surface area contributed by atoms with Crippen LogP contribution >= 0.6 is 0 Å². The number of nitrogens with zero attached hydrogens (tertiary/aromatic N) is 3. The summed E-state index contributed by atoms with van der Waals surface area (Å²) in [5.41, 5.74) is 2.99. The molecule has 29 heavy (non-hydrogen) atoms. The number of hydrogen-bond donors (Lipinski definition) is 0. The lowest BCUT2D eigenvalue weighted by atomic mass is 10.0. The molecule has 3 heterocycles. The Kier molecular flexibility index (Phi) is 6.10. The lowest BCUT2D eigenvalue weighted by Gasteiger charge is -2.27. The van der Waals surface area contributed by atoms with Gasteiger partial charge in [-0.25, -0.2) is 0 Å². The number of aromatic nitrogens is 2. The zero-order chi connectivity index (χ0) is 20.1. The Morgan fingerprint density at radius 1 is 1.03 bits per heavy atom. The van der Waals surface area contributed by atoms with Crippen molar-refractivity contribution in [2.75, 3.05) is 20.8 Å². The lowest BCUT2D eigenvalue weighted by Crippen LogP contribution is -2.28. The van der Waals surface area contributed by atoms with E-state index in [1.165, 1.54) is 19.3 Å². The highest BCUT2D eigenvalue weighted by Crippen LogP contribution is 2.35. The topological polar surface area (TPSA) is 60.6 Å². The van der Waals surface area contributed by atoms with Gasteiger partial charge in [0.1, 0.15) is 5.69 Å². The van der Waals surface area contributed by atoms with Crippen molar-refractivity contribution in [3.8, 4) is 22.8 Å². The fourth-order valence-corrected chi connectivity index (χ4v) is 3.96. The van der Waals surface area contributed by atoms with Gasteiger partial charge in [0.2, 0.25) is 0 Å². The van der Waals surface area contributed by atoms with Crippen molar-refractivity contribution >= 4 is 0 Å². The van der Waals surface area contributed by atoms with Crippen molar-refractivity contribution in [2.24, 2.45) is 0 Å². The average Bonchev–Trinajstić information content (AvgIpc) is 3.14. The van der Waals surface area contributed by atoms with Gasteiger partial charge in [0, 0.05) is 24.4 Å². The molecule has 0 bridgehead atoms. The summed E-state index contributed by atoms with van der Waals surface area (Å²) in [5.74, 6) is 2.11. The van der Waals surface area contributed by atoms with Crippen LogP contribution < -0.4 is 9.47 Å². The molecule has 1 aliphatic rings. The second-order valence-corrected chi connectivity index (χ2v) is 7.34. The summed E-state index contributed by atoms with van der Waals surface area (Å²) in [6.07, 6.45) is 6.57. The Labute approximate surface area is 171 Å². The molecule has 1 unspecified atom stereocenters. The van der Waals surface area contributed by atoms with Gasteiger partial charge in [-0.15, -0.1) is 0 Å². The summed E-state index contributed by atoms with van der Waals surface area (Å²) in [6.45, 7) is 1.86. The summed E-state index contributed by atoms with van der Waals surface area (Å²) in [7, 11) is 3.26. The molecule has 6 nitrogen and oxygen atoms in total. The number of ether oxygens (including phenoxy) is 2. The molecular weight excluding hydrogens is 366 g/mol. The van der Waals surface area contributed by atoms with Crippen molar-refractivity contribution in [1.82, 2.24) is 15.0 Å². The number of rotatable bonds is 6. The fraction of sp³-hybridized carbons (Fsp3) is 0.391. The monoisotopic (exact) mass is 393 g/mol. The normalized spacial score (nSPS) is 17.7. The van der Waals surface area contributed by atoms with Gasteiger partial charge < -0.3 is 14.0 Å². The van der Waals surface area contributed by atoms with Crippen molar-refractivity contribution < 1.29 is 14.0 Å². The molecule has 0 saturated carbocycles. The van der Waals surface area contributed by atoms with Gasteiger partial charge in [0.05, 0.1) is 26.0 Å². The maximum atomic E-state index is 5.73. The maximum Gasteiger partial charge on any atom is 0.167 e. The first-order chi connectivity index (χ1) is 14.3. The van der Waals surface area contributed by atoms with E-state index < -0.39 is 0 Å². The van der Waals surface area contributed by atoms with Crippen LogP contribution in [0.5, 0.6) is 11.5 Å². The van der Waals surface area contributed by atoms with Crippen molar-refractivity contribution in [3.05, 3.63) is 60.0 Å². The molecule has 152 valence electrons. The second kappa shape index (κ2) is 9.09. The fourth-order valence-electron chi connectivity index (χ4n) is 3.96. The number of likely N-dealkylation sites (tertiary alicyclic amines) is 1. The SMILES string of the molecule is COc1ccc(-c2cc(C3CCCCCN3Cc3ccccn3)no2)cc1OC. The van der Waals surface area contributed by atoms with E-state index in [0.29, 0.717) is 11.5 Å².